The van der Waals surface area contributed by atoms with Gasteiger partial charge < -0.3 is 15.8 Å². The highest BCUT2D eigenvalue weighted by atomic mass is 32.1. The smallest absolute Gasteiger partial charge is 0.224 e. The van der Waals surface area contributed by atoms with Gasteiger partial charge in [0.25, 0.3) is 0 Å². The molecule has 4 nitrogen and oxygen atoms in total. The van der Waals surface area contributed by atoms with Crippen LogP contribution in [0, 0.1) is 5.92 Å². The molecular weight excluding hydrogens is 284 g/mol. The standard InChI is InChI=1S/C16H22N2O2S/c17-15(21)11-20-14-8-6-13(7-9-14)18-16(19)10-5-12-3-1-2-4-12/h6-9,12H,1-5,10-11H2,(H2,17,21)(H,18,19). The summed E-state index contributed by atoms with van der Waals surface area (Å²) >= 11 is 4.75. The van der Waals surface area contributed by atoms with Crippen molar-refractivity contribution in [3.63, 3.8) is 0 Å². The molecule has 0 bridgehead atoms. The maximum absolute atomic E-state index is 11.9. The number of carbonyl (C=O) groups excluding carboxylic acids is 1. The van der Waals surface area contributed by atoms with Crippen molar-refractivity contribution in [2.24, 2.45) is 11.7 Å². The minimum Gasteiger partial charge on any atom is -0.487 e. The summed E-state index contributed by atoms with van der Waals surface area (Å²) in [6.45, 7) is 0.225. The fourth-order valence-corrected chi connectivity index (χ4v) is 2.71. The van der Waals surface area contributed by atoms with Crippen molar-refractivity contribution < 1.29 is 9.53 Å². The number of rotatable bonds is 7. The normalized spacial score (nSPS) is 14.9. The average Bonchev–Trinajstić information content (AvgIpc) is 2.98. The highest BCUT2D eigenvalue weighted by molar-refractivity contribution is 7.80. The topological polar surface area (TPSA) is 64.3 Å². The molecule has 1 amide bonds. The number of benzene rings is 1. The Bertz CT molecular complexity index is 482. The molecular formula is C16H22N2O2S. The van der Waals surface area contributed by atoms with Crippen molar-refractivity contribution in [1.82, 2.24) is 0 Å². The van der Waals surface area contributed by atoms with E-state index < -0.39 is 0 Å². The maximum Gasteiger partial charge on any atom is 0.224 e. The van der Waals surface area contributed by atoms with E-state index in [1.54, 1.807) is 12.1 Å². The molecule has 2 rings (SSSR count). The van der Waals surface area contributed by atoms with Gasteiger partial charge in [-0.1, -0.05) is 37.9 Å². The molecule has 0 saturated heterocycles. The van der Waals surface area contributed by atoms with Crippen LogP contribution in [0.5, 0.6) is 5.75 Å². The van der Waals surface area contributed by atoms with Gasteiger partial charge in [-0.2, -0.15) is 0 Å². The molecule has 5 heteroatoms. The first-order chi connectivity index (χ1) is 10.1. The van der Waals surface area contributed by atoms with Gasteiger partial charge in [-0.05, 0) is 36.6 Å². The Morgan fingerprint density at radius 2 is 1.95 bits per heavy atom. The second-order valence-electron chi connectivity index (χ2n) is 5.52. The molecule has 0 spiro atoms. The van der Waals surface area contributed by atoms with Gasteiger partial charge >= 0.3 is 0 Å². The lowest BCUT2D eigenvalue weighted by Gasteiger charge is -2.10. The van der Waals surface area contributed by atoms with E-state index in [1.165, 1.54) is 25.7 Å². The molecule has 1 aliphatic carbocycles. The van der Waals surface area contributed by atoms with Gasteiger partial charge in [0.05, 0.1) is 0 Å². The molecule has 3 N–H and O–H groups in total. The Morgan fingerprint density at radius 1 is 1.29 bits per heavy atom. The van der Waals surface area contributed by atoms with Crippen molar-refractivity contribution in [2.45, 2.75) is 38.5 Å². The molecule has 114 valence electrons. The van der Waals surface area contributed by atoms with Crippen LogP contribution in [-0.4, -0.2) is 17.5 Å². The lowest BCUT2D eigenvalue weighted by atomic mass is 10.0. The third-order valence-corrected chi connectivity index (χ3v) is 3.89. The first-order valence-corrected chi connectivity index (χ1v) is 7.85. The Balaban J connectivity index is 1.73. The molecule has 0 aromatic heterocycles. The predicted octanol–water partition coefficient (Wildman–Crippen LogP) is 3.26. The number of ether oxygens (including phenoxy) is 1. The average molecular weight is 306 g/mol. The van der Waals surface area contributed by atoms with Crippen LogP contribution in [0.4, 0.5) is 5.69 Å². The largest absolute Gasteiger partial charge is 0.487 e. The van der Waals surface area contributed by atoms with E-state index >= 15 is 0 Å². The second-order valence-corrected chi connectivity index (χ2v) is 6.04. The Kier molecular flexibility index (Phi) is 5.99. The summed E-state index contributed by atoms with van der Waals surface area (Å²) in [5, 5.41) is 2.91. The van der Waals surface area contributed by atoms with E-state index in [-0.39, 0.29) is 12.5 Å². The molecule has 0 heterocycles. The van der Waals surface area contributed by atoms with Crippen molar-refractivity contribution >= 4 is 28.8 Å². The minimum absolute atomic E-state index is 0.0821. The molecule has 1 aliphatic rings. The summed E-state index contributed by atoms with van der Waals surface area (Å²) in [5.41, 5.74) is 6.16. The molecule has 0 radical (unpaired) electrons. The SMILES string of the molecule is NC(=S)COc1ccc(NC(=O)CCC2CCCC2)cc1. The number of amides is 1. The number of carbonyl (C=O) groups is 1. The van der Waals surface area contributed by atoms with Crippen molar-refractivity contribution in [1.29, 1.82) is 0 Å². The molecule has 21 heavy (non-hydrogen) atoms. The van der Waals surface area contributed by atoms with Gasteiger partial charge in [-0.3, -0.25) is 4.79 Å². The summed E-state index contributed by atoms with van der Waals surface area (Å²) in [5.74, 6) is 1.51. The number of nitrogens with one attached hydrogen (secondary N) is 1. The van der Waals surface area contributed by atoms with Gasteiger partial charge in [-0.15, -0.1) is 0 Å². The van der Waals surface area contributed by atoms with Crippen LogP contribution < -0.4 is 15.8 Å². The Morgan fingerprint density at radius 3 is 2.57 bits per heavy atom. The van der Waals surface area contributed by atoms with Gasteiger partial charge in [0.1, 0.15) is 17.3 Å². The quantitative estimate of drug-likeness (QED) is 0.759. The fraction of sp³-hybridized carbons (Fsp3) is 0.500. The van der Waals surface area contributed by atoms with Gasteiger partial charge in [0.2, 0.25) is 5.91 Å². The molecule has 1 fully saturated rings. The summed E-state index contributed by atoms with van der Waals surface area (Å²) in [4.78, 5) is 12.2. The number of nitrogens with two attached hydrogens (primary N) is 1. The van der Waals surface area contributed by atoms with Gasteiger partial charge in [0.15, 0.2) is 0 Å². The number of hydrogen-bond donors (Lipinski definition) is 2. The zero-order chi connectivity index (χ0) is 15.1. The van der Waals surface area contributed by atoms with E-state index in [4.69, 9.17) is 22.7 Å². The zero-order valence-corrected chi connectivity index (χ0v) is 13.0. The monoisotopic (exact) mass is 306 g/mol. The van der Waals surface area contributed by atoms with Crippen LogP contribution in [0.25, 0.3) is 0 Å². The second kappa shape index (κ2) is 7.98. The maximum atomic E-state index is 11.9. The van der Waals surface area contributed by atoms with Crippen LogP contribution in [0.1, 0.15) is 38.5 Å². The van der Waals surface area contributed by atoms with Crippen molar-refractivity contribution in [3.8, 4) is 5.75 Å². The van der Waals surface area contributed by atoms with E-state index in [0.717, 1.165) is 18.0 Å². The first-order valence-electron chi connectivity index (χ1n) is 7.44. The predicted molar refractivity (Wildman–Crippen MR) is 88.5 cm³/mol. The summed E-state index contributed by atoms with van der Waals surface area (Å²) in [6, 6.07) is 7.24. The molecule has 0 atom stereocenters. The van der Waals surface area contributed by atoms with Crippen molar-refractivity contribution in [2.75, 3.05) is 11.9 Å². The summed E-state index contributed by atoms with van der Waals surface area (Å²) in [6.07, 6.45) is 6.80. The van der Waals surface area contributed by atoms with E-state index in [2.05, 4.69) is 5.32 Å². The van der Waals surface area contributed by atoms with Gasteiger partial charge in [-0.25, -0.2) is 0 Å². The van der Waals surface area contributed by atoms with Crippen LogP contribution in [-0.2, 0) is 4.79 Å². The number of anilines is 1. The highest BCUT2D eigenvalue weighted by Crippen LogP contribution is 2.28. The Hall–Kier alpha value is -1.62. The summed E-state index contributed by atoms with van der Waals surface area (Å²) < 4.78 is 5.36. The molecule has 1 saturated carbocycles. The van der Waals surface area contributed by atoms with E-state index in [0.29, 0.717) is 17.2 Å². The van der Waals surface area contributed by atoms with E-state index in [9.17, 15) is 4.79 Å². The Labute approximate surface area is 131 Å². The third-order valence-electron chi connectivity index (χ3n) is 3.77. The van der Waals surface area contributed by atoms with Crippen molar-refractivity contribution in [3.05, 3.63) is 24.3 Å². The van der Waals surface area contributed by atoms with Crippen LogP contribution in [0.15, 0.2) is 24.3 Å². The van der Waals surface area contributed by atoms with Crippen LogP contribution in [0.2, 0.25) is 0 Å². The molecule has 0 unspecified atom stereocenters. The zero-order valence-electron chi connectivity index (χ0n) is 12.1. The molecule has 1 aromatic rings. The first kappa shape index (κ1) is 15.8. The van der Waals surface area contributed by atoms with Gasteiger partial charge in [0, 0.05) is 12.1 Å². The molecule has 1 aromatic carbocycles. The van der Waals surface area contributed by atoms with Crippen LogP contribution >= 0.6 is 12.2 Å². The lowest BCUT2D eigenvalue weighted by Crippen LogP contribution is -2.17. The number of hydrogen-bond acceptors (Lipinski definition) is 3. The fourth-order valence-electron chi connectivity index (χ4n) is 2.65. The number of thiocarbonyl (C=S) groups is 1. The lowest BCUT2D eigenvalue weighted by molar-refractivity contribution is -0.116. The summed E-state index contributed by atoms with van der Waals surface area (Å²) in [7, 11) is 0. The van der Waals surface area contributed by atoms with E-state index in [1.807, 2.05) is 12.1 Å². The third kappa shape index (κ3) is 5.71. The highest BCUT2D eigenvalue weighted by Gasteiger charge is 2.16. The molecule has 0 aliphatic heterocycles. The van der Waals surface area contributed by atoms with Crippen LogP contribution in [0.3, 0.4) is 0 Å². The minimum atomic E-state index is 0.0821.